The van der Waals surface area contributed by atoms with Gasteiger partial charge in [0.05, 0.1) is 42.5 Å². The summed E-state index contributed by atoms with van der Waals surface area (Å²) in [6.07, 6.45) is -0.803. The summed E-state index contributed by atoms with van der Waals surface area (Å²) in [5.41, 5.74) is 0.664. The predicted molar refractivity (Wildman–Crippen MR) is 162 cm³/mol. The van der Waals surface area contributed by atoms with Crippen LogP contribution >= 0.6 is 0 Å². The number of nitrogens with zero attached hydrogens (tertiary/aromatic N) is 2. The third-order valence-electron chi connectivity index (χ3n) is 7.43. The van der Waals surface area contributed by atoms with Gasteiger partial charge in [-0.15, -0.1) is 0 Å². The Balaban J connectivity index is 1.67. The molecule has 0 bridgehead atoms. The molecule has 0 saturated heterocycles. The number of hydrogen-bond acceptors (Lipinski definition) is 8. The molecule has 43 heavy (non-hydrogen) atoms. The van der Waals surface area contributed by atoms with Crippen LogP contribution < -0.4 is 14.2 Å². The van der Waals surface area contributed by atoms with Gasteiger partial charge in [0.2, 0.25) is 15.9 Å². The number of nitrogens with one attached hydrogen (secondary N) is 1. The first-order chi connectivity index (χ1) is 20.3. The number of ether oxygens (including phenoxy) is 2. The Kier molecular flexibility index (Phi) is 10.0. The zero-order valence-electron chi connectivity index (χ0n) is 24.5. The molecule has 13 heteroatoms. The molecule has 0 radical (unpaired) electrons. The highest BCUT2D eigenvalue weighted by atomic mass is 32.2. The van der Waals surface area contributed by atoms with Crippen molar-refractivity contribution < 1.29 is 36.2 Å². The second-order valence-electron chi connectivity index (χ2n) is 10.6. The highest BCUT2D eigenvalue weighted by molar-refractivity contribution is 7.92. The molecular formula is C30H37N3O8S2. The maximum atomic E-state index is 13.5. The van der Waals surface area contributed by atoms with Crippen LogP contribution in [0.15, 0.2) is 82.6 Å². The molecule has 0 spiro atoms. The quantitative estimate of drug-likeness (QED) is 0.348. The fraction of sp³-hybridized carbons (Fsp3) is 0.367. The van der Waals surface area contributed by atoms with Gasteiger partial charge < -0.3 is 19.5 Å². The van der Waals surface area contributed by atoms with Crippen LogP contribution in [0, 0.1) is 5.92 Å². The van der Waals surface area contributed by atoms with Gasteiger partial charge in [-0.05, 0) is 61.5 Å². The first-order valence-electron chi connectivity index (χ1n) is 13.7. The second kappa shape index (κ2) is 13.3. The third-order valence-corrected chi connectivity index (χ3v) is 10.7. The molecule has 0 aromatic heterocycles. The SMILES string of the molecule is COc1ccc(S(=O)(=O)N(C)C[C@H]2Oc3ccc(NS(=O)(=O)c4ccccc4)cc3CC(=O)N([C@H](C)CO)C[C@H]2C)cc1. The fourth-order valence-corrected chi connectivity index (χ4v) is 7.06. The number of rotatable bonds is 10. The first kappa shape index (κ1) is 32.3. The minimum atomic E-state index is -3.89. The molecule has 3 aromatic carbocycles. The predicted octanol–water partition coefficient (Wildman–Crippen LogP) is 2.97. The van der Waals surface area contributed by atoms with E-state index in [1.165, 1.54) is 48.8 Å². The van der Waals surface area contributed by atoms with Crippen molar-refractivity contribution >= 4 is 31.6 Å². The largest absolute Gasteiger partial charge is 0.497 e. The van der Waals surface area contributed by atoms with Gasteiger partial charge in [0.15, 0.2) is 0 Å². The Morgan fingerprint density at radius 2 is 1.72 bits per heavy atom. The standard InChI is InChI=1S/C30H37N3O8S2/c1-21-18-33(22(2)20-34)30(35)17-23-16-24(31-42(36,37)26-8-6-5-7-9-26)10-15-28(23)41-29(21)19-32(3)43(38,39)27-13-11-25(40-4)12-14-27/h5-16,21-22,29,31,34H,17-20H2,1-4H3/t21-,22-,29-/m1/s1. The summed E-state index contributed by atoms with van der Waals surface area (Å²) in [4.78, 5) is 15.2. The number of aliphatic hydroxyl groups is 1. The minimum absolute atomic E-state index is 0.0348. The van der Waals surface area contributed by atoms with E-state index in [2.05, 4.69) is 4.72 Å². The number of carbonyl (C=O) groups excluding carboxylic acids is 1. The van der Waals surface area contributed by atoms with Crippen molar-refractivity contribution in [3.05, 3.63) is 78.4 Å². The number of methoxy groups -OCH3 is 1. The lowest BCUT2D eigenvalue weighted by molar-refractivity contribution is -0.134. The number of hydrogen-bond donors (Lipinski definition) is 2. The molecule has 2 N–H and O–H groups in total. The Morgan fingerprint density at radius 3 is 2.35 bits per heavy atom. The molecule has 232 valence electrons. The van der Waals surface area contributed by atoms with Crippen LogP contribution in [-0.2, 0) is 31.3 Å². The van der Waals surface area contributed by atoms with E-state index in [-0.39, 0.29) is 53.4 Å². The molecule has 3 atom stereocenters. The fourth-order valence-electron chi connectivity index (χ4n) is 4.80. The summed E-state index contributed by atoms with van der Waals surface area (Å²) in [5, 5.41) is 9.88. The van der Waals surface area contributed by atoms with Crippen molar-refractivity contribution in [1.29, 1.82) is 0 Å². The van der Waals surface area contributed by atoms with Crippen molar-refractivity contribution in [3.8, 4) is 11.5 Å². The molecule has 0 unspecified atom stereocenters. The van der Waals surface area contributed by atoms with Gasteiger partial charge in [0, 0.05) is 30.8 Å². The molecule has 1 aliphatic rings. The molecule has 1 aliphatic heterocycles. The van der Waals surface area contributed by atoms with E-state index in [4.69, 9.17) is 9.47 Å². The lowest BCUT2D eigenvalue weighted by Gasteiger charge is -2.33. The molecule has 11 nitrogen and oxygen atoms in total. The highest BCUT2D eigenvalue weighted by Gasteiger charge is 2.33. The molecular weight excluding hydrogens is 594 g/mol. The number of sulfonamides is 2. The number of benzene rings is 3. The van der Waals surface area contributed by atoms with Crippen LogP contribution in [-0.4, -0.2) is 83.1 Å². The summed E-state index contributed by atoms with van der Waals surface area (Å²) in [6, 6.07) is 18.1. The Morgan fingerprint density at radius 1 is 1.05 bits per heavy atom. The summed E-state index contributed by atoms with van der Waals surface area (Å²) < 4.78 is 68.0. The van der Waals surface area contributed by atoms with Crippen molar-refractivity contribution in [2.75, 3.05) is 38.6 Å². The van der Waals surface area contributed by atoms with E-state index < -0.39 is 32.2 Å². The Hall–Kier alpha value is -3.65. The maximum Gasteiger partial charge on any atom is 0.261 e. The summed E-state index contributed by atoms with van der Waals surface area (Å²) in [7, 11) is -4.82. The van der Waals surface area contributed by atoms with Crippen molar-refractivity contribution in [1.82, 2.24) is 9.21 Å². The number of carbonyl (C=O) groups is 1. The molecule has 0 saturated carbocycles. The number of fused-ring (bicyclic) bond motifs is 1. The van der Waals surface area contributed by atoms with Crippen LogP contribution in [0.1, 0.15) is 19.4 Å². The summed E-state index contributed by atoms with van der Waals surface area (Å²) >= 11 is 0. The van der Waals surface area contributed by atoms with Crippen LogP contribution in [0.4, 0.5) is 5.69 Å². The van der Waals surface area contributed by atoms with Crippen LogP contribution in [0.3, 0.4) is 0 Å². The molecule has 0 fully saturated rings. The van der Waals surface area contributed by atoms with E-state index in [0.29, 0.717) is 17.1 Å². The van der Waals surface area contributed by atoms with E-state index in [1.807, 2.05) is 6.92 Å². The molecule has 4 rings (SSSR count). The lowest BCUT2D eigenvalue weighted by Crippen LogP contribution is -2.48. The minimum Gasteiger partial charge on any atom is -0.497 e. The van der Waals surface area contributed by atoms with Gasteiger partial charge in [-0.1, -0.05) is 25.1 Å². The van der Waals surface area contributed by atoms with E-state index in [9.17, 15) is 26.7 Å². The zero-order valence-corrected chi connectivity index (χ0v) is 26.1. The van der Waals surface area contributed by atoms with Gasteiger partial charge in [0.25, 0.3) is 10.0 Å². The van der Waals surface area contributed by atoms with Gasteiger partial charge in [-0.2, -0.15) is 4.31 Å². The van der Waals surface area contributed by atoms with Gasteiger partial charge >= 0.3 is 0 Å². The van der Waals surface area contributed by atoms with E-state index in [1.54, 1.807) is 54.3 Å². The Bertz CT molecular complexity index is 1630. The zero-order chi connectivity index (χ0) is 31.4. The number of anilines is 1. The average Bonchev–Trinajstić information content (AvgIpc) is 3.04. The van der Waals surface area contributed by atoms with Gasteiger partial charge in [-0.3, -0.25) is 9.52 Å². The van der Waals surface area contributed by atoms with Gasteiger partial charge in [0.1, 0.15) is 17.6 Å². The normalized spacial score (nSPS) is 18.6. The van der Waals surface area contributed by atoms with Crippen LogP contribution in [0.5, 0.6) is 11.5 Å². The van der Waals surface area contributed by atoms with E-state index >= 15 is 0 Å². The number of aliphatic hydroxyl groups excluding tert-OH is 1. The number of amides is 1. The monoisotopic (exact) mass is 631 g/mol. The average molecular weight is 632 g/mol. The van der Waals surface area contributed by atoms with Crippen LogP contribution in [0.25, 0.3) is 0 Å². The lowest BCUT2D eigenvalue weighted by atomic mass is 10.0. The van der Waals surface area contributed by atoms with Crippen molar-refractivity contribution in [2.24, 2.45) is 5.92 Å². The first-order valence-corrected chi connectivity index (χ1v) is 16.7. The summed E-state index contributed by atoms with van der Waals surface area (Å²) in [5.74, 6) is 0.246. The van der Waals surface area contributed by atoms with Gasteiger partial charge in [-0.25, -0.2) is 16.8 Å². The second-order valence-corrected chi connectivity index (χ2v) is 14.3. The van der Waals surface area contributed by atoms with Crippen molar-refractivity contribution in [3.63, 3.8) is 0 Å². The smallest absolute Gasteiger partial charge is 0.261 e. The van der Waals surface area contributed by atoms with E-state index in [0.717, 1.165) is 0 Å². The van der Waals surface area contributed by atoms with Crippen LogP contribution in [0.2, 0.25) is 0 Å². The highest BCUT2D eigenvalue weighted by Crippen LogP contribution is 2.31. The Labute approximate surface area is 253 Å². The molecule has 1 amide bonds. The van der Waals surface area contributed by atoms with Crippen molar-refractivity contribution in [2.45, 2.75) is 42.2 Å². The molecule has 0 aliphatic carbocycles. The topological polar surface area (TPSA) is 143 Å². The number of likely N-dealkylation sites (N-methyl/N-ethyl adjacent to an activating group) is 1. The molecule has 3 aromatic rings. The third kappa shape index (κ3) is 7.47. The summed E-state index contributed by atoms with van der Waals surface area (Å²) in [6.45, 7) is 3.50. The molecule has 1 heterocycles. The maximum absolute atomic E-state index is 13.5.